The molecule has 3 rings (SSSR count). The fourth-order valence-electron chi connectivity index (χ4n) is 2.86. The van der Waals surface area contributed by atoms with Crippen LogP contribution in [0.2, 0.25) is 0 Å². The lowest BCUT2D eigenvalue weighted by Gasteiger charge is -2.10. The average Bonchev–Trinajstić information content (AvgIpc) is 3.12. The molecule has 0 spiro atoms. The minimum atomic E-state index is -3.80. The van der Waals surface area contributed by atoms with Gasteiger partial charge in [-0.15, -0.1) is 23.1 Å². The van der Waals surface area contributed by atoms with Crippen molar-refractivity contribution in [3.8, 4) is 11.1 Å². The number of rotatable bonds is 6. The van der Waals surface area contributed by atoms with E-state index in [9.17, 15) is 13.2 Å². The van der Waals surface area contributed by atoms with Crippen LogP contribution < -0.4 is 11.1 Å². The van der Waals surface area contributed by atoms with Crippen molar-refractivity contribution in [1.82, 2.24) is 5.32 Å². The number of amides is 1. The van der Waals surface area contributed by atoms with Gasteiger partial charge in [-0.05, 0) is 60.2 Å². The van der Waals surface area contributed by atoms with E-state index in [4.69, 9.17) is 10.8 Å². The Morgan fingerprint density at radius 3 is 2.67 bits per heavy atom. The molecule has 0 saturated carbocycles. The number of nitrogen functional groups attached to an aromatic ring is 1. The van der Waals surface area contributed by atoms with Gasteiger partial charge in [-0.3, -0.25) is 5.32 Å². The van der Waals surface area contributed by atoms with E-state index in [2.05, 4.69) is 4.99 Å². The molecule has 0 atom stereocenters. The number of hydrogen-bond acceptors (Lipinski definition) is 7. The molecule has 1 heterocycles. The van der Waals surface area contributed by atoms with Gasteiger partial charge in [0.2, 0.25) is 9.84 Å². The van der Waals surface area contributed by atoms with Gasteiger partial charge in [0.15, 0.2) is 0 Å². The minimum Gasteiger partial charge on any atom is -0.465 e. The summed E-state index contributed by atoms with van der Waals surface area (Å²) in [4.78, 5) is 14.8. The molecule has 30 heavy (non-hydrogen) atoms. The van der Waals surface area contributed by atoms with Gasteiger partial charge in [0.1, 0.15) is 5.00 Å². The molecule has 0 fully saturated rings. The number of nitrogens with zero attached hydrogens (tertiary/aromatic N) is 1. The Morgan fingerprint density at radius 1 is 1.23 bits per heavy atom. The zero-order valence-corrected chi connectivity index (χ0v) is 18.6. The number of carboxylic acid groups (broad SMARTS) is 1. The molecule has 0 bridgehead atoms. The molecule has 10 heteroatoms. The topological polar surface area (TPSA) is 122 Å². The Kier molecular flexibility index (Phi) is 6.49. The number of nitrogens with one attached hydrogen (secondary N) is 1. The van der Waals surface area contributed by atoms with Crippen molar-refractivity contribution < 1.29 is 18.3 Å². The van der Waals surface area contributed by atoms with Gasteiger partial charge in [-0.1, -0.05) is 18.2 Å². The molecule has 156 valence electrons. The largest absolute Gasteiger partial charge is 0.465 e. The van der Waals surface area contributed by atoms with Crippen LogP contribution in [0.5, 0.6) is 0 Å². The molecule has 0 aliphatic carbocycles. The summed E-state index contributed by atoms with van der Waals surface area (Å²) in [5.41, 5.74) is 9.10. The van der Waals surface area contributed by atoms with Crippen molar-refractivity contribution in [3.05, 3.63) is 54.1 Å². The first kappa shape index (κ1) is 21.9. The van der Waals surface area contributed by atoms with E-state index in [-0.39, 0.29) is 9.79 Å². The summed E-state index contributed by atoms with van der Waals surface area (Å²) in [5, 5.41) is 11.0. The number of thiophene rings is 1. The molecule has 3 aromatic rings. The fourth-order valence-corrected chi connectivity index (χ4v) is 6.73. The Morgan fingerprint density at radius 2 is 2.00 bits per heavy atom. The monoisotopic (exact) mass is 461 g/mol. The van der Waals surface area contributed by atoms with Crippen LogP contribution in [0.1, 0.15) is 5.56 Å². The number of aliphatic imine (C=N–C) groups is 1. The zero-order chi connectivity index (χ0) is 21.9. The molecule has 0 aliphatic rings. The number of carbonyl (C=O) groups is 1. The highest BCUT2D eigenvalue weighted by Crippen LogP contribution is 2.41. The molecule has 4 N–H and O–H groups in total. The van der Waals surface area contributed by atoms with Crippen molar-refractivity contribution >= 4 is 56.1 Å². The van der Waals surface area contributed by atoms with E-state index < -0.39 is 15.9 Å². The van der Waals surface area contributed by atoms with Crippen molar-refractivity contribution in [3.63, 3.8) is 0 Å². The van der Waals surface area contributed by atoms with Crippen molar-refractivity contribution in [2.24, 2.45) is 4.99 Å². The summed E-state index contributed by atoms with van der Waals surface area (Å²) >= 11 is 2.47. The number of sulfone groups is 1. The summed E-state index contributed by atoms with van der Waals surface area (Å²) in [5.74, 6) is 0. The Hall–Kier alpha value is -2.82. The third-order valence-corrected chi connectivity index (χ3v) is 8.43. The summed E-state index contributed by atoms with van der Waals surface area (Å²) < 4.78 is 27.3. The molecule has 2 aromatic carbocycles. The third-order valence-electron chi connectivity index (χ3n) is 4.21. The second-order valence-electron chi connectivity index (χ2n) is 6.25. The predicted molar refractivity (Wildman–Crippen MR) is 122 cm³/mol. The second kappa shape index (κ2) is 8.90. The van der Waals surface area contributed by atoms with Crippen molar-refractivity contribution in [2.75, 3.05) is 12.0 Å². The first-order valence-electron chi connectivity index (χ1n) is 8.64. The van der Waals surface area contributed by atoms with E-state index in [1.165, 1.54) is 29.2 Å². The van der Waals surface area contributed by atoms with Crippen LogP contribution in [-0.2, 0) is 9.84 Å². The number of anilines is 1. The van der Waals surface area contributed by atoms with Crippen LogP contribution in [0.3, 0.4) is 0 Å². The summed E-state index contributed by atoms with van der Waals surface area (Å²) in [7, 11) is -3.80. The SMILES string of the molecule is CSc1sc(N=CNC(=O)O)cc1S(=O)(=O)c1cccc(-c2ccc(N)cc2C)c1. The van der Waals surface area contributed by atoms with Crippen molar-refractivity contribution in [1.29, 1.82) is 0 Å². The molecular formula is C20H19N3O4S3. The lowest BCUT2D eigenvalue weighted by atomic mass is 10.0. The molecular weight excluding hydrogens is 442 g/mol. The summed E-state index contributed by atoms with van der Waals surface area (Å²) in [6.07, 6.45) is 1.55. The van der Waals surface area contributed by atoms with E-state index >= 15 is 0 Å². The van der Waals surface area contributed by atoms with E-state index in [1.807, 2.05) is 30.4 Å². The highest BCUT2D eigenvalue weighted by Gasteiger charge is 2.24. The normalized spacial score (nSPS) is 11.7. The maximum absolute atomic E-state index is 13.3. The predicted octanol–water partition coefficient (Wildman–Crippen LogP) is 4.79. The second-order valence-corrected chi connectivity index (χ2v) is 10.3. The van der Waals surface area contributed by atoms with Crippen LogP contribution in [0, 0.1) is 6.92 Å². The molecule has 7 nitrogen and oxygen atoms in total. The van der Waals surface area contributed by atoms with Gasteiger partial charge in [-0.2, -0.15) is 0 Å². The van der Waals surface area contributed by atoms with Crippen LogP contribution in [0.4, 0.5) is 15.5 Å². The van der Waals surface area contributed by atoms with Crippen molar-refractivity contribution in [2.45, 2.75) is 20.9 Å². The molecule has 0 unspecified atom stereocenters. The molecule has 0 radical (unpaired) electrons. The Bertz CT molecular complexity index is 1230. The number of aryl methyl sites for hydroxylation is 1. The summed E-state index contributed by atoms with van der Waals surface area (Å²) in [6.45, 7) is 1.92. The smallest absolute Gasteiger partial charge is 0.409 e. The van der Waals surface area contributed by atoms with Crippen LogP contribution in [0.25, 0.3) is 11.1 Å². The van der Waals surface area contributed by atoms with Gasteiger partial charge >= 0.3 is 6.09 Å². The van der Waals surface area contributed by atoms with E-state index in [0.29, 0.717) is 14.9 Å². The molecule has 0 aliphatic heterocycles. The highest BCUT2D eigenvalue weighted by molar-refractivity contribution is 8.01. The van der Waals surface area contributed by atoms with Gasteiger partial charge in [0.05, 0.1) is 20.3 Å². The Balaban J connectivity index is 2.03. The first-order valence-corrected chi connectivity index (χ1v) is 12.2. The van der Waals surface area contributed by atoms with Gasteiger partial charge in [0, 0.05) is 5.69 Å². The lowest BCUT2D eigenvalue weighted by molar-refractivity contribution is 0.200. The molecule has 1 amide bonds. The third kappa shape index (κ3) is 4.66. The van der Waals surface area contributed by atoms with E-state index in [1.54, 1.807) is 30.5 Å². The standard InChI is InChI=1S/C20H19N3O4S3/c1-12-8-14(21)6-7-16(12)13-4-3-5-15(9-13)30(26,27)17-10-18(29-19(17)28-2)22-11-23-20(24)25/h3-11H,21H2,1-2H3,(H,22,23)(H,24,25). The van der Waals surface area contributed by atoms with Crippen LogP contribution in [-0.4, -0.2) is 32.2 Å². The molecule has 1 aromatic heterocycles. The zero-order valence-electron chi connectivity index (χ0n) is 16.1. The fraction of sp³-hybridized carbons (Fsp3) is 0.100. The number of nitrogens with two attached hydrogens (primary N) is 1. The molecule has 0 saturated heterocycles. The quantitative estimate of drug-likeness (QED) is 0.210. The van der Waals surface area contributed by atoms with Gasteiger partial charge in [-0.25, -0.2) is 18.2 Å². The maximum atomic E-state index is 13.3. The Labute approximate surface area is 182 Å². The van der Waals surface area contributed by atoms with Crippen LogP contribution >= 0.6 is 23.1 Å². The number of hydrogen-bond donors (Lipinski definition) is 3. The number of thioether (sulfide) groups is 1. The minimum absolute atomic E-state index is 0.147. The van der Waals surface area contributed by atoms with E-state index in [0.717, 1.165) is 23.0 Å². The summed E-state index contributed by atoms with van der Waals surface area (Å²) in [6, 6.07) is 13.7. The average molecular weight is 462 g/mol. The lowest BCUT2D eigenvalue weighted by Crippen LogP contribution is -2.17. The number of benzene rings is 2. The van der Waals surface area contributed by atoms with Gasteiger partial charge in [0.25, 0.3) is 0 Å². The first-order chi connectivity index (χ1) is 14.2. The van der Waals surface area contributed by atoms with Gasteiger partial charge < -0.3 is 10.8 Å². The van der Waals surface area contributed by atoms with Crippen LogP contribution in [0.15, 0.2) is 67.5 Å². The highest BCUT2D eigenvalue weighted by atomic mass is 32.2. The maximum Gasteiger partial charge on any atom is 0.409 e.